The van der Waals surface area contributed by atoms with Crippen LogP contribution in [-0.4, -0.2) is 31.1 Å². The van der Waals surface area contributed by atoms with Crippen LogP contribution >= 0.6 is 0 Å². The molecule has 1 aliphatic rings. The number of carbonyl (C=O) groups is 2. The summed E-state index contributed by atoms with van der Waals surface area (Å²) in [5.74, 6) is -0.498. The van der Waals surface area contributed by atoms with E-state index in [0.717, 1.165) is 12.8 Å². The standard InChI is InChI=1S/C12H21NO4/c1-8-4-3-5-10(9(8)2)13-11(14)6-17-7-12(15)16/h8-10H,3-7H2,1-2H3,(H,13,14)(H,15,16)/p-1/t8-,9+,10-/m0/s1. The van der Waals surface area contributed by atoms with Gasteiger partial charge in [0.1, 0.15) is 6.61 Å². The molecule has 98 valence electrons. The molecule has 5 heteroatoms. The van der Waals surface area contributed by atoms with Crippen molar-refractivity contribution in [1.82, 2.24) is 5.32 Å². The normalized spacial score (nSPS) is 28.7. The van der Waals surface area contributed by atoms with Crippen molar-refractivity contribution in [2.75, 3.05) is 13.2 Å². The first-order valence-corrected chi connectivity index (χ1v) is 6.07. The van der Waals surface area contributed by atoms with E-state index >= 15 is 0 Å². The van der Waals surface area contributed by atoms with Gasteiger partial charge in [-0.05, 0) is 18.3 Å². The van der Waals surface area contributed by atoms with E-state index in [2.05, 4.69) is 23.9 Å². The fourth-order valence-electron chi connectivity index (χ4n) is 2.26. The Balaban J connectivity index is 2.27. The zero-order valence-corrected chi connectivity index (χ0v) is 10.4. The second-order valence-electron chi connectivity index (χ2n) is 4.81. The Morgan fingerprint density at radius 1 is 1.29 bits per heavy atom. The van der Waals surface area contributed by atoms with E-state index in [9.17, 15) is 14.7 Å². The Hall–Kier alpha value is -1.10. The van der Waals surface area contributed by atoms with Gasteiger partial charge in [0.05, 0.1) is 12.6 Å². The van der Waals surface area contributed by atoms with E-state index in [0.29, 0.717) is 11.8 Å². The number of carbonyl (C=O) groups excluding carboxylic acids is 2. The molecule has 1 aliphatic carbocycles. The molecule has 1 rings (SSSR count). The van der Waals surface area contributed by atoms with Gasteiger partial charge in [0, 0.05) is 6.04 Å². The first-order chi connectivity index (χ1) is 8.00. The molecule has 0 aliphatic heterocycles. The second kappa shape index (κ2) is 6.59. The Morgan fingerprint density at radius 3 is 2.65 bits per heavy atom. The van der Waals surface area contributed by atoms with Crippen molar-refractivity contribution in [3.63, 3.8) is 0 Å². The van der Waals surface area contributed by atoms with E-state index in [1.807, 2.05) is 0 Å². The third-order valence-electron chi connectivity index (χ3n) is 3.51. The van der Waals surface area contributed by atoms with Crippen LogP contribution in [0.2, 0.25) is 0 Å². The molecule has 1 saturated carbocycles. The Labute approximate surface area is 102 Å². The molecular weight excluding hydrogens is 222 g/mol. The molecular formula is C12H20NO4-. The second-order valence-corrected chi connectivity index (χ2v) is 4.81. The van der Waals surface area contributed by atoms with Crippen LogP contribution < -0.4 is 10.4 Å². The molecule has 0 aromatic heterocycles. The van der Waals surface area contributed by atoms with E-state index in [1.54, 1.807) is 0 Å². The summed E-state index contributed by atoms with van der Waals surface area (Å²) in [6, 6.07) is 0.179. The Morgan fingerprint density at radius 2 is 2.00 bits per heavy atom. The molecule has 0 aromatic carbocycles. The SMILES string of the molecule is C[C@H]1[C@@H](NC(=O)COCC(=O)[O-])CCC[C@@H]1C. The predicted molar refractivity (Wildman–Crippen MR) is 59.9 cm³/mol. The van der Waals surface area contributed by atoms with Crippen LogP contribution in [0.3, 0.4) is 0 Å². The van der Waals surface area contributed by atoms with Gasteiger partial charge in [-0.25, -0.2) is 0 Å². The minimum atomic E-state index is -1.31. The third kappa shape index (κ3) is 4.73. The monoisotopic (exact) mass is 242 g/mol. The van der Waals surface area contributed by atoms with Gasteiger partial charge in [0.25, 0.3) is 0 Å². The summed E-state index contributed by atoms with van der Waals surface area (Å²) in [4.78, 5) is 21.6. The highest BCUT2D eigenvalue weighted by molar-refractivity contribution is 5.78. The summed E-state index contributed by atoms with van der Waals surface area (Å²) in [5.41, 5.74) is 0. The summed E-state index contributed by atoms with van der Waals surface area (Å²) in [6.07, 6.45) is 3.31. The molecule has 0 spiro atoms. The fraction of sp³-hybridized carbons (Fsp3) is 0.833. The van der Waals surface area contributed by atoms with Crippen LogP contribution in [0.4, 0.5) is 0 Å². The number of nitrogens with one attached hydrogen (secondary N) is 1. The number of carboxylic acid groups (broad SMARTS) is 1. The van der Waals surface area contributed by atoms with Crippen molar-refractivity contribution in [1.29, 1.82) is 0 Å². The topological polar surface area (TPSA) is 78.5 Å². The maximum Gasteiger partial charge on any atom is 0.246 e. The third-order valence-corrected chi connectivity index (χ3v) is 3.51. The summed E-state index contributed by atoms with van der Waals surface area (Å²) in [6.45, 7) is 3.57. The van der Waals surface area contributed by atoms with Gasteiger partial charge >= 0.3 is 0 Å². The fourth-order valence-corrected chi connectivity index (χ4v) is 2.26. The van der Waals surface area contributed by atoms with Gasteiger partial charge in [-0.15, -0.1) is 0 Å². The van der Waals surface area contributed by atoms with Crippen LogP contribution in [0.5, 0.6) is 0 Å². The van der Waals surface area contributed by atoms with Crippen molar-refractivity contribution < 1.29 is 19.4 Å². The van der Waals surface area contributed by atoms with Crippen LogP contribution in [0, 0.1) is 11.8 Å². The van der Waals surface area contributed by atoms with Gasteiger partial charge in [-0.3, -0.25) is 4.79 Å². The summed E-state index contributed by atoms with van der Waals surface area (Å²) in [5, 5.41) is 13.0. The minimum absolute atomic E-state index is 0.179. The molecule has 1 N–H and O–H groups in total. The molecule has 17 heavy (non-hydrogen) atoms. The zero-order valence-electron chi connectivity index (χ0n) is 10.4. The Bertz CT molecular complexity index is 280. The minimum Gasteiger partial charge on any atom is -0.548 e. The number of hydrogen-bond acceptors (Lipinski definition) is 4. The van der Waals surface area contributed by atoms with Gasteiger partial charge in [-0.1, -0.05) is 26.7 Å². The number of rotatable bonds is 5. The lowest BCUT2D eigenvalue weighted by Gasteiger charge is -2.34. The number of hydrogen-bond donors (Lipinski definition) is 1. The van der Waals surface area contributed by atoms with Crippen LogP contribution in [0.15, 0.2) is 0 Å². The van der Waals surface area contributed by atoms with Crippen molar-refractivity contribution in [2.45, 2.75) is 39.2 Å². The maximum atomic E-state index is 11.5. The molecule has 1 amide bonds. The average molecular weight is 242 g/mol. The highest BCUT2D eigenvalue weighted by atomic mass is 16.5. The Kier molecular flexibility index (Phi) is 5.41. The van der Waals surface area contributed by atoms with Gasteiger partial charge in [0.15, 0.2) is 0 Å². The smallest absolute Gasteiger partial charge is 0.246 e. The molecule has 0 radical (unpaired) electrons. The molecule has 0 unspecified atom stereocenters. The number of ether oxygens (including phenoxy) is 1. The van der Waals surface area contributed by atoms with Crippen molar-refractivity contribution >= 4 is 11.9 Å². The largest absolute Gasteiger partial charge is 0.548 e. The van der Waals surface area contributed by atoms with Crippen molar-refractivity contribution in [3.05, 3.63) is 0 Å². The van der Waals surface area contributed by atoms with E-state index in [1.165, 1.54) is 6.42 Å². The van der Waals surface area contributed by atoms with E-state index in [-0.39, 0.29) is 18.6 Å². The molecule has 3 atom stereocenters. The highest BCUT2D eigenvalue weighted by Crippen LogP contribution is 2.29. The first-order valence-electron chi connectivity index (χ1n) is 6.07. The van der Waals surface area contributed by atoms with Crippen LogP contribution in [0.25, 0.3) is 0 Å². The lowest BCUT2D eigenvalue weighted by Crippen LogP contribution is -2.45. The highest BCUT2D eigenvalue weighted by Gasteiger charge is 2.27. The first kappa shape index (κ1) is 14.0. The molecule has 0 heterocycles. The molecule has 5 nitrogen and oxygen atoms in total. The quantitative estimate of drug-likeness (QED) is 0.717. The lowest BCUT2D eigenvalue weighted by atomic mass is 9.78. The average Bonchev–Trinajstić information content (AvgIpc) is 2.24. The summed E-state index contributed by atoms with van der Waals surface area (Å²) < 4.78 is 4.69. The molecule has 1 fully saturated rings. The number of amides is 1. The summed E-state index contributed by atoms with van der Waals surface area (Å²) >= 11 is 0. The van der Waals surface area contributed by atoms with E-state index < -0.39 is 12.6 Å². The van der Waals surface area contributed by atoms with Crippen molar-refractivity contribution in [3.8, 4) is 0 Å². The molecule has 0 bridgehead atoms. The number of aliphatic carboxylic acids is 1. The van der Waals surface area contributed by atoms with Crippen LogP contribution in [0.1, 0.15) is 33.1 Å². The van der Waals surface area contributed by atoms with Gasteiger partial charge < -0.3 is 20.0 Å². The lowest BCUT2D eigenvalue weighted by molar-refractivity contribution is -0.309. The van der Waals surface area contributed by atoms with Crippen molar-refractivity contribution in [2.24, 2.45) is 11.8 Å². The van der Waals surface area contributed by atoms with Gasteiger partial charge in [0.2, 0.25) is 5.91 Å². The number of carboxylic acids is 1. The van der Waals surface area contributed by atoms with Gasteiger partial charge in [-0.2, -0.15) is 0 Å². The van der Waals surface area contributed by atoms with E-state index in [4.69, 9.17) is 0 Å². The zero-order chi connectivity index (χ0) is 12.8. The molecule has 0 aromatic rings. The predicted octanol–water partition coefficient (Wildman–Crippen LogP) is -0.306. The summed E-state index contributed by atoms with van der Waals surface area (Å²) in [7, 11) is 0. The van der Waals surface area contributed by atoms with Crippen LogP contribution in [-0.2, 0) is 14.3 Å². The molecule has 0 saturated heterocycles. The maximum absolute atomic E-state index is 11.5.